The average molecular weight is 185 g/mol. The summed E-state index contributed by atoms with van der Waals surface area (Å²) < 4.78 is 0. The van der Waals surface area contributed by atoms with Crippen LogP contribution in [0.5, 0.6) is 0 Å². The van der Waals surface area contributed by atoms with Gasteiger partial charge < -0.3 is 10.4 Å². The van der Waals surface area contributed by atoms with Gasteiger partial charge in [-0.05, 0) is 37.6 Å². The Labute approximate surface area is 81.7 Å². The van der Waals surface area contributed by atoms with E-state index >= 15 is 0 Å². The van der Waals surface area contributed by atoms with Crippen molar-refractivity contribution in [3.05, 3.63) is 0 Å². The zero-order valence-electron chi connectivity index (χ0n) is 9.14. The maximum Gasteiger partial charge on any atom is 0.0448 e. The van der Waals surface area contributed by atoms with Gasteiger partial charge in [-0.2, -0.15) is 0 Å². The van der Waals surface area contributed by atoms with Crippen LogP contribution < -0.4 is 5.32 Å². The molecule has 0 heterocycles. The molecule has 0 bridgehead atoms. The SMILES string of the molecule is CCNC1(CCO)CC(C(C)C)C1. The summed E-state index contributed by atoms with van der Waals surface area (Å²) in [6.07, 6.45) is 3.42. The van der Waals surface area contributed by atoms with Gasteiger partial charge in [0.15, 0.2) is 0 Å². The van der Waals surface area contributed by atoms with Crippen LogP contribution in [-0.4, -0.2) is 23.8 Å². The smallest absolute Gasteiger partial charge is 0.0448 e. The molecule has 0 radical (unpaired) electrons. The Morgan fingerprint density at radius 2 is 2.08 bits per heavy atom. The zero-order valence-corrected chi connectivity index (χ0v) is 9.14. The molecule has 0 spiro atoms. The lowest BCUT2D eigenvalue weighted by Gasteiger charge is -2.50. The minimum Gasteiger partial charge on any atom is -0.396 e. The summed E-state index contributed by atoms with van der Waals surface area (Å²) in [5, 5.41) is 12.5. The Morgan fingerprint density at radius 3 is 2.46 bits per heavy atom. The molecule has 0 aromatic carbocycles. The summed E-state index contributed by atoms with van der Waals surface area (Å²) in [4.78, 5) is 0. The molecule has 1 fully saturated rings. The van der Waals surface area contributed by atoms with Gasteiger partial charge in [-0.25, -0.2) is 0 Å². The van der Waals surface area contributed by atoms with Gasteiger partial charge >= 0.3 is 0 Å². The van der Waals surface area contributed by atoms with Gasteiger partial charge in [-0.1, -0.05) is 20.8 Å². The molecular formula is C11H23NO. The number of rotatable bonds is 5. The lowest BCUT2D eigenvalue weighted by Crippen LogP contribution is -2.56. The molecule has 2 nitrogen and oxygen atoms in total. The first-order valence-electron chi connectivity index (χ1n) is 5.49. The highest BCUT2D eigenvalue weighted by molar-refractivity contribution is 5.01. The molecule has 0 saturated heterocycles. The number of nitrogens with one attached hydrogen (secondary N) is 1. The summed E-state index contributed by atoms with van der Waals surface area (Å²) in [5.74, 6) is 1.66. The van der Waals surface area contributed by atoms with Crippen molar-refractivity contribution in [3.63, 3.8) is 0 Å². The lowest BCUT2D eigenvalue weighted by atomic mass is 9.63. The van der Waals surface area contributed by atoms with Crippen molar-refractivity contribution in [1.82, 2.24) is 5.32 Å². The molecule has 0 aromatic rings. The Hall–Kier alpha value is -0.0800. The monoisotopic (exact) mass is 185 g/mol. The Morgan fingerprint density at radius 1 is 1.46 bits per heavy atom. The molecule has 0 amide bonds. The van der Waals surface area contributed by atoms with Crippen molar-refractivity contribution in [3.8, 4) is 0 Å². The standard InChI is InChI=1S/C11H23NO/c1-4-12-11(5-6-13)7-10(8-11)9(2)3/h9-10,12-13H,4-8H2,1-3H3. The number of hydrogen-bond acceptors (Lipinski definition) is 2. The Kier molecular flexibility index (Phi) is 3.74. The van der Waals surface area contributed by atoms with E-state index in [1.165, 1.54) is 12.8 Å². The van der Waals surface area contributed by atoms with Gasteiger partial charge in [0, 0.05) is 12.1 Å². The van der Waals surface area contributed by atoms with Crippen LogP contribution in [0.2, 0.25) is 0 Å². The highest BCUT2D eigenvalue weighted by Gasteiger charge is 2.43. The first-order valence-corrected chi connectivity index (χ1v) is 5.49. The van der Waals surface area contributed by atoms with Crippen molar-refractivity contribution in [2.24, 2.45) is 11.8 Å². The quantitative estimate of drug-likeness (QED) is 0.684. The fourth-order valence-electron chi connectivity index (χ4n) is 2.44. The molecular weight excluding hydrogens is 162 g/mol. The molecule has 0 aromatic heterocycles. The molecule has 0 atom stereocenters. The summed E-state index contributed by atoms with van der Waals surface area (Å²) in [6.45, 7) is 8.06. The van der Waals surface area contributed by atoms with E-state index in [-0.39, 0.29) is 5.54 Å². The molecule has 13 heavy (non-hydrogen) atoms. The minimum absolute atomic E-state index is 0.276. The van der Waals surface area contributed by atoms with Crippen LogP contribution in [0.4, 0.5) is 0 Å². The summed E-state index contributed by atoms with van der Waals surface area (Å²) in [7, 11) is 0. The predicted octanol–water partition coefficient (Wildman–Crippen LogP) is 1.78. The highest BCUT2D eigenvalue weighted by atomic mass is 16.3. The van der Waals surface area contributed by atoms with Crippen molar-refractivity contribution < 1.29 is 5.11 Å². The second-order valence-corrected chi connectivity index (χ2v) is 4.70. The lowest BCUT2D eigenvalue weighted by molar-refractivity contribution is 0.0482. The molecule has 1 saturated carbocycles. The molecule has 2 heteroatoms. The summed E-state index contributed by atoms with van der Waals surface area (Å²) in [6, 6.07) is 0. The van der Waals surface area contributed by atoms with Crippen molar-refractivity contribution in [1.29, 1.82) is 0 Å². The summed E-state index contributed by atoms with van der Waals surface area (Å²) in [5.41, 5.74) is 0.276. The second-order valence-electron chi connectivity index (χ2n) is 4.70. The van der Waals surface area contributed by atoms with Crippen molar-refractivity contribution in [2.75, 3.05) is 13.2 Å². The molecule has 0 aliphatic heterocycles. The first-order chi connectivity index (χ1) is 6.13. The average Bonchev–Trinajstić information content (AvgIpc) is 1.99. The molecule has 78 valence electrons. The Bertz CT molecular complexity index is 142. The third-order valence-electron chi connectivity index (χ3n) is 3.39. The van der Waals surface area contributed by atoms with Gasteiger partial charge in [0.25, 0.3) is 0 Å². The van der Waals surface area contributed by atoms with Crippen LogP contribution in [0, 0.1) is 11.8 Å². The van der Waals surface area contributed by atoms with Crippen LogP contribution in [0.3, 0.4) is 0 Å². The zero-order chi connectivity index (χ0) is 9.90. The van der Waals surface area contributed by atoms with Gasteiger partial charge in [-0.3, -0.25) is 0 Å². The fourth-order valence-corrected chi connectivity index (χ4v) is 2.44. The third-order valence-corrected chi connectivity index (χ3v) is 3.39. The Balaban J connectivity index is 2.38. The molecule has 1 aliphatic rings. The van der Waals surface area contributed by atoms with Crippen LogP contribution >= 0.6 is 0 Å². The van der Waals surface area contributed by atoms with Gasteiger partial charge in [0.1, 0.15) is 0 Å². The maximum absolute atomic E-state index is 8.98. The molecule has 1 rings (SSSR count). The highest BCUT2D eigenvalue weighted by Crippen LogP contribution is 2.43. The van der Waals surface area contributed by atoms with Crippen molar-refractivity contribution in [2.45, 2.75) is 45.6 Å². The fraction of sp³-hybridized carbons (Fsp3) is 1.00. The minimum atomic E-state index is 0.276. The van der Waals surface area contributed by atoms with E-state index in [1.807, 2.05) is 0 Å². The van der Waals surface area contributed by atoms with E-state index in [0.29, 0.717) is 6.61 Å². The van der Waals surface area contributed by atoms with E-state index in [4.69, 9.17) is 5.11 Å². The van der Waals surface area contributed by atoms with Crippen LogP contribution in [0.15, 0.2) is 0 Å². The van der Waals surface area contributed by atoms with Gasteiger partial charge in [-0.15, -0.1) is 0 Å². The van der Waals surface area contributed by atoms with Crippen LogP contribution in [0.25, 0.3) is 0 Å². The van der Waals surface area contributed by atoms with E-state index in [1.54, 1.807) is 0 Å². The van der Waals surface area contributed by atoms with Gasteiger partial charge in [0.2, 0.25) is 0 Å². The van der Waals surface area contributed by atoms with Gasteiger partial charge in [0.05, 0.1) is 0 Å². The van der Waals surface area contributed by atoms with E-state index in [0.717, 1.165) is 24.8 Å². The van der Waals surface area contributed by atoms with E-state index in [2.05, 4.69) is 26.1 Å². The normalized spacial score (nSPS) is 33.5. The number of hydrogen-bond donors (Lipinski definition) is 2. The molecule has 1 aliphatic carbocycles. The summed E-state index contributed by atoms with van der Waals surface area (Å²) >= 11 is 0. The van der Waals surface area contributed by atoms with E-state index < -0.39 is 0 Å². The van der Waals surface area contributed by atoms with Crippen LogP contribution in [-0.2, 0) is 0 Å². The molecule has 0 unspecified atom stereocenters. The van der Waals surface area contributed by atoms with Crippen LogP contribution in [0.1, 0.15) is 40.0 Å². The number of aliphatic hydroxyl groups excluding tert-OH is 1. The maximum atomic E-state index is 8.98. The number of aliphatic hydroxyl groups is 1. The second kappa shape index (κ2) is 4.43. The van der Waals surface area contributed by atoms with E-state index in [9.17, 15) is 0 Å². The molecule has 2 N–H and O–H groups in total. The van der Waals surface area contributed by atoms with Crippen molar-refractivity contribution >= 4 is 0 Å². The first kappa shape index (κ1) is 11.0. The predicted molar refractivity (Wildman–Crippen MR) is 55.7 cm³/mol. The topological polar surface area (TPSA) is 32.3 Å². The third kappa shape index (κ3) is 2.44. The largest absolute Gasteiger partial charge is 0.396 e.